The highest BCUT2D eigenvalue weighted by Gasteiger charge is 2.19. The average Bonchev–Trinajstić information content (AvgIpc) is 2.84. The molecule has 1 aliphatic carbocycles. The Bertz CT molecular complexity index is 452. The molecule has 2 rings (SSSR count). The molecule has 118 valence electrons. The second-order valence-corrected chi connectivity index (χ2v) is 5.57. The number of methoxy groups -OCH3 is 1. The first-order valence-electron chi connectivity index (χ1n) is 7.40. The maximum Gasteiger partial charge on any atom is 0.119 e. The fraction of sp³-hybridized carbons (Fsp3) is 0.625. The highest BCUT2D eigenvalue weighted by Crippen LogP contribution is 2.31. The van der Waals surface area contributed by atoms with Crippen molar-refractivity contribution in [2.45, 2.75) is 38.0 Å². The molecule has 0 saturated heterocycles. The van der Waals surface area contributed by atoms with Crippen molar-refractivity contribution in [1.82, 2.24) is 0 Å². The van der Waals surface area contributed by atoms with E-state index in [1.54, 1.807) is 7.11 Å². The molecular weight excluding hydrogens is 270 g/mol. The zero-order chi connectivity index (χ0) is 15.2. The number of aliphatic hydroxyl groups excluding tert-OH is 1. The molecule has 0 amide bonds. The van der Waals surface area contributed by atoms with Crippen LogP contribution in [0.4, 0.5) is 0 Å². The standard InChI is InChI=1S/C16H25NO4/c1-11(8-19-2)20-9-13(18)10-21-14-4-5-15-12(7-14)3-6-16(15)17/h4-5,7,11,13,16,18H,3,6,8-10,17H2,1-2H3/t11?,13?,16-/m1/s1. The maximum absolute atomic E-state index is 9.85. The van der Waals surface area contributed by atoms with Crippen molar-refractivity contribution in [2.24, 2.45) is 5.73 Å². The van der Waals surface area contributed by atoms with E-state index in [1.807, 2.05) is 25.1 Å². The summed E-state index contributed by atoms with van der Waals surface area (Å²) in [6, 6.07) is 6.09. The third kappa shape index (κ3) is 4.68. The van der Waals surface area contributed by atoms with E-state index in [1.165, 1.54) is 11.1 Å². The Morgan fingerprint density at radius 1 is 1.33 bits per heavy atom. The minimum atomic E-state index is -0.653. The zero-order valence-corrected chi connectivity index (χ0v) is 12.7. The monoisotopic (exact) mass is 295 g/mol. The summed E-state index contributed by atoms with van der Waals surface area (Å²) in [6.07, 6.45) is 1.30. The van der Waals surface area contributed by atoms with Gasteiger partial charge in [0.2, 0.25) is 0 Å². The van der Waals surface area contributed by atoms with Crippen LogP contribution < -0.4 is 10.5 Å². The Balaban J connectivity index is 1.75. The topological polar surface area (TPSA) is 73.9 Å². The molecule has 21 heavy (non-hydrogen) atoms. The normalized spacial score (nSPS) is 20.1. The predicted molar refractivity (Wildman–Crippen MR) is 80.5 cm³/mol. The first kappa shape index (κ1) is 16.2. The molecule has 0 radical (unpaired) electrons. The molecular formula is C16H25NO4. The summed E-state index contributed by atoms with van der Waals surface area (Å²) >= 11 is 0. The van der Waals surface area contributed by atoms with Crippen LogP contribution in [0.15, 0.2) is 18.2 Å². The Morgan fingerprint density at radius 2 is 2.14 bits per heavy atom. The van der Waals surface area contributed by atoms with Gasteiger partial charge >= 0.3 is 0 Å². The molecule has 2 unspecified atom stereocenters. The van der Waals surface area contributed by atoms with Crippen molar-refractivity contribution in [2.75, 3.05) is 26.9 Å². The van der Waals surface area contributed by atoms with E-state index < -0.39 is 6.10 Å². The van der Waals surface area contributed by atoms with Gasteiger partial charge in [0.25, 0.3) is 0 Å². The number of hydrogen-bond acceptors (Lipinski definition) is 5. The minimum absolute atomic E-state index is 0.0360. The fourth-order valence-electron chi connectivity index (χ4n) is 2.52. The second-order valence-electron chi connectivity index (χ2n) is 5.57. The molecule has 0 fully saturated rings. The number of fused-ring (bicyclic) bond motifs is 1. The number of nitrogens with two attached hydrogens (primary N) is 1. The number of benzene rings is 1. The lowest BCUT2D eigenvalue weighted by molar-refractivity contribution is -0.0423. The van der Waals surface area contributed by atoms with Gasteiger partial charge in [-0.1, -0.05) is 6.07 Å². The van der Waals surface area contributed by atoms with E-state index >= 15 is 0 Å². The second kappa shape index (κ2) is 7.75. The van der Waals surface area contributed by atoms with Gasteiger partial charge in [-0.25, -0.2) is 0 Å². The van der Waals surface area contributed by atoms with E-state index in [4.69, 9.17) is 19.9 Å². The molecule has 0 saturated carbocycles. The quantitative estimate of drug-likeness (QED) is 0.759. The third-order valence-corrected chi connectivity index (χ3v) is 3.66. The molecule has 0 bridgehead atoms. The lowest BCUT2D eigenvalue weighted by atomic mass is 10.1. The van der Waals surface area contributed by atoms with Gasteiger partial charge in [0.1, 0.15) is 18.5 Å². The van der Waals surface area contributed by atoms with Crippen LogP contribution in [0, 0.1) is 0 Å². The van der Waals surface area contributed by atoms with Crippen LogP contribution in [-0.2, 0) is 15.9 Å². The first-order chi connectivity index (χ1) is 10.1. The fourth-order valence-corrected chi connectivity index (χ4v) is 2.52. The molecule has 1 aromatic rings. The van der Waals surface area contributed by atoms with E-state index in [2.05, 4.69) is 0 Å². The summed E-state index contributed by atoms with van der Waals surface area (Å²) < 4.78 is 16.0. The number of aryl methyl sites for hydroxylation is 1. The van der Waals surface area contributed by atoms with Crippen LogP contribution >= 0.6 is 0 Å². The van der Waals surface area contributed by atoms with Gasteiger partial charge < -0.3 is 25.1 Å². The summed E-state index contributed by atoms with van der Waals surface area (Å²) in [7, 11) is 1.62. The van der Waals surface area contributed by atoms with Crippen molar-refractivity contribution < 1.29 is 19.3 Å². The number of aliphatic hydroxyl groups is 1. The number of rotatable bonds is 8. The largest absolute Gasteiger partial charge is 0.491 e. The molecule has 0 spiro atoms. The maximum atomic E-state index is 9.85. The van der Waals surface area contributed by atoms with Gasteiger partial charge in [0.05, 0.1) is 19.3 Å². The number of hydrogen-bond donors (Lipinski definition) is 2. The first-order valence-corrected chi connectivity index (χ1v) is 7.40. The molecule has 0 aromatic heterocycles. The Kier molecular flexibility index (Phi) is 5.99. The molecule has 5 heteroatoms. The summed E-state index contributed by atoms with van der Waals surface area (Å²) in [5.41, 5.74) is 8.46. The van der Waals surface area contributed by atoms with E-state index in [0.717, 1.165) is 18.6 Å². The van der Waals surface area contributed by atoms with Gasteiger partial charge in [-0.05, 0) is 43.0 Å². The smallest absolute Gasteiger partial charge is 0.119 e. The van der Waals surface area contributed by atoms with Crippen LogP contribution in [0.3, 0.4) is 0 Å². The third-order valence-electron chi connectivity index (χ3n) is 3.66. The van der Waals surface area contributed by atoms with Crippen LogP contribution in [0.5, 0.6) is 5.75 Å². The van der Waals surface area contributed by atoms with Gasteiger partial charge in [-0.3, -0.25) is 0 Å². The van der Waals surface area contributed by atoms with Gasteiger partial charge in [-0.15, -0.1) is 0 Å². The Morgan fingerprint density at radius 3 is 2.90 bits per heavy atom. The van der Waals surface area contributed by atoms with Crippen molar-refractivity contribution in [3.63, 3.8) is 0 Å². The summed E-state index contributed by atoms with van der Waals surface area (Å²) in [6.45, 7) is 2.87. The average molecular weight is 295 g/mol. The molecule has 0 aliphatic heterocycles. The molecule has 5 nitrogen and oxygen atoms in total. The highest BCUT2D eigenvalue weighted by atomic mass is 16.5. The Labute approximate surface area is 126 Å². The summed E-state index contributed by atoms with van der Waals surface area (Å²) in [5, 5.41) is 9.85. The highest BCUT2D eigenvalue weighted by molar-refractivity contribution is 5.40. The van der Waals surface area contributed by atoms with Crippen molar-refractivity contribution in [1.29, 1.82) is 0 Å². The summed E-state index contributed by atoms with van der Waals surface area (Å²) in [4.78, 5) is 0. The van der Waals surface area contributed by atoms with E-state index in [9.17, 15) is 5.11 Å². The lowest BCUT2D eigenvalue weighted by Crippen LogP contribution is -2.27. The molecule has 1 aliphatic rings. The molecule has 1 aromatic carbocycles. The van der Waals surface area contributed by atoms with Crippen LogP contribution in [0.2, 0.25) is 0 Å². The van der Waals surface area contributed by atoms with E-state index in [-0.39, 0.29) is 25.4 Å². The Hall–Kier alpha value is -1.14. The van der Waals surface area contributed by atoms with Crippen molar-refractivity contribution >= 4 is 0 Å². The summed E-state index contributed by atoms with van der Waals surface area (Å²) in [5.74, 6) is 0.770. The zero-order valence-electron chi connectivity index (χ0n) is 12.7. The van der Waals surface area contributed by atoms with Gasteiger partial charge in [0.15, 0.2) is 0 Å². The number of ether oxygens (including phenoxy) is 3. The minimum Gasteiger partial charge on any atom is -0.491 e. The molecule has 3 atom stereocenters. The van der Waals surface area contributed by atoms with Crippen LogP contribution in [0.1, 0.15) is 30.5 Å². The van der Waals surface area contributed by atoms with Crippen LogP contribution in [0.25, 0.3) is 0 Å². The van der Waals surface area contributed by atoms with E-state index in [0.29, 0.717) is 6.61 Å². The van der Waals surface area contributed by atoms with Crippen molar-refractivity contribution in [3.8, 4) is 5.75 Å². The SMILES string of the molecule is COCC(C)OCC(O)COc1ccc2c(c1)CC[C@H]2N. The van der Waals surface area contributed by atoms with Crippen molar-refractivity contribution in [3.05, 3.63) is 29.3 Å². The van der Waals surface area contributed by atoms with Crippen LogP contribution in [-0.4, -0.2) is 44.2 Å². The molecule has 3 N–H and O–H groups in total. The lowest BCUT2D eigenvalue weighted by Gasteiger charge is -2.16. The van der Waals surface area contributed by atoms with Gasteiger partial charge in [-0.2, -0.15) is 0 Å². The van der Waals surface area contributed by atoms with Gasteiger partial charge in [0, 0.05) is 13.2 Å². The molecule has 0 heterocycles. The predicted octanol–water partition coefficient (Wildman–Crippen LogP) is 1.42.